The summed E-state index contributed by atoms with van der Waals surface area (Å²) >= 11 is -2.50. The predicted molar refractivity (Wildman–Crippen MR) is 81.0 cm³/mol. The minimum absolute atomic E-state index is 0.0517. The average molecular weight is 390 g/mol. The zero-order chi connectivity index (χ0) is 19.1. The number of hydrogen-bond donors (Lipinski definition) is 1. The first-order chi connectivity index (χ1) is 12.2. The molecule has 2 heterocycles. The van der Waals surface area contributed by atoms with E-state index in [4.69, 9.17) is 14.4 Å². The number of anilines is 1. The first-order valence-electron chi connectivity index (χ1n) is 6.77. The predicted octanol–water partition coefficient (Wildman–Crippen LogP) is 1.91. The highest BCUT2D eigenvalue weighted by molar-refractivity contribution is 7.79. The van der Waals surface area contributed by atoms with Gasteiger partial charge >= 0.3 is 23.2 Å². The molecule has 1 atom stereocenters. The molecule has 9 nitrogen and oxygen atoms in total. The van der Waals surface area contributed by atoms with Crippen molar-refractivity contribution < 1.29 is 30.6 Å². The van der Waals surface area contributed by atoms with Crippen LogP contribution in [0, 0.1) is 6.92 Å². The Balaban J connectivity index is 1.97. The minimum atomic E-state index is -4.53. The molecule has 1 unspecified atom stereocenters. The van der Waals surface area contributed by atoms with Crippen molar-refractivity contribution in [1.82, 2.24) is 14.3 Å². The molecule has 0 aliphatic rings. The van der Waals surface area contributed by atoms with E-state index in [2.05, 4.69) is 14.8 Å². The van der Waals surface area contributed by atoms with Gasteiger partial charge < -0.3 is 14.4 Å². The molecule has 0 aliphatic carbocycles. The van der Waals surface area contributed by atoms with E-state index < -0.39 is 28.8 Å². The summed E-state index contributed by atoms with van der Waals surface area (Å²) in [7, 11) is 0. The average Bonchev–Trinajstić information content (AvgIpc) is 3.11. The molecule has 0 bridgehead atoms. The summed E-state index contributed by atoms with van der Waals surface area (Å²) in [6, 6.07) is 3.66. The molecule has 2 N–H and O–H groups in total. The van der Waals surface area contributed by atoms with Gasteiger partial charge in [0.25, 0.3) is 0 Å². The number of nitrogens with zero attached hydrogens (tertiary/aromatic N) is 3. The molecule has 0 saturated carbocycles. The number of halogens is 3. The molecule has 1 aromatic carbocycles. The maximum Gasteiger partial charge on any atom is 0.456 e. The summed E-state index contributed by atoms with van der Waals surface area (Å²) in [5, 5.41) is 6.82. The fourth-order valence-electron chi connectivity index (χ4n) is 1.94. The Morgan fingerprint density at radius 3 is 2.38 bits per heavy atom. The van der Waals surface area contributed by atoms with Crippen molar-refractivity contribution in [2.24, 2.45) is 0 Å². The molecule has 3 rings (SSSR count). The van der Waals surface area contributed by atoms with Gasteiger partial charge in [-0.05, 0) is 12.1 Å². The van der Waals surface area contributed by atoms with E-state index in [9.17, 15) is 22.2 Å². The van der Waals surface area contributed by atoms with Crippen molar-refractivity contribution in [2.75, 3.05) is 5.73 Å². The molecule has 3 aromatic rings. The van der Waals surface area contributed by atoms with Gasteiger partial charge in [0, 0.05) is 12.5 Å². The first kappa shape index (κ1) is 17.7. The zero-order valence-electron chi connectivity index (χ0n) is 12.8. The topological polar surface area (TPSA) is 126 Å². The van der Waals surface area contributed by atoms with Gasteiger partial charge in [-0.25, -0.2) is 4.79 Å². The Bertz CT molecular complexity index is 1000. The first-order valence-corrected chi connectivity index (χ1v) is 7.80. The van der Waals surface area contributed by atoms with Gasteiger partial charge in [-0.15, -0.1) is 3.97 Å². The zero-order valence-corrected chi connectivity index (χ0v) is 13.6. The van der Waals surface area contributed by atoms with Crippen LogP contribution in [0.5, 0.6) is 5.75 Å². The van der Waals surface area contributed by atoms with E-state index in [0.29, 0.717) is 3.97 Å². The third-order valence-corrected chi connectivity index (χ3v) is 4.11. The molecule has 0 amide bonds. The van der Waals surface area contributed by atoms with Crippen LogP contribution in [-0.2, 0) is 17.4 Å². The van der Waals surface area contributed by atoms with E-state index in [1.807, 2.05) is 0 Å². The second-order valence-electron chi connectivity index (χ2n) is 4.90. The Kier molecular flexibility index (Phi) is 4.31. The Morgan fingerprint density at radius 2 is 1.85 bits per heavy atom. The molecule has 0 radical (unpaired) electrons. The smallest absolute Gasteiger partial charge is 0.378 e. The maximum atomic E-state index is 12.6. The lowest BCUT2D eigenvalue weighted by Gasteiger charge is -2.08. The van der Waals surface area contributed by atoms with E-state index >= 15 is 0 Å². The third kappa shape index (κ3) is 3.20. The van der Waals surface area contributed by atoms with Crippen molar-refractivity contribution >= 4 is 17.1 Å². The second-order valence-corrected chi connectivity index (χ2v) is 5.86. The van der Waals surface area contributed by atoms with Gasteiger partial charge in [-0.3, -0.25) is 4.52 Å². The molecule has 0 aliphatic heterocycles. The lowest BCUT2D eigenvalue weighted by molar-refractivity contribution is -0.137. The van der Waals surface area contributed by atoms with Crippen molar-refractivity contribution in [3.63, 3.8) is 0 Å². The van der Waals surface area contributed by atoms with Crippen LogP contribution in [0.15, 0.2) is 38.1 Å². The molecule has 2 aromatic heterocycles. The third-order valence-electron chi connectivity index (χ3n) is 3.18. The second kappa shape index (κ2) is 6.33. The van der Waals surface area contributed by atoms with Crippen LogP contribution in [0.3, 0.4) is 0 Å². The lowest BCUT2D eigenvalue weighted by atomic mass is 10.1. The minimum Gasteiger partial charge on any atom is -0.378 e. The number of benzene rings is 1. The number of nitrogens with two attached hydrogens (primary N) is 1. The van der Waals surface area contributed by atoms with Crippen LogP contribution in [0.25, 0.3) is 11.4 Å². The summed E-state index contributed by atoms with van der Waals surface area (Å²) in [4.78, 5) is 11.8. The highest BCUT2D eigenvalue weighted by atomic mass is 32.2. The SMILES string of the molecule is Cc1onc(N)c1OS(=O)n1c(-c2ccc(C(F)(F)F)cc2)noc1=O. The van der Waals surface area contributed by atoms with Crippen LogP contribution < -0.4 is 15.7 Å². The number of aryl methyl sites for hydroxylation is 1. The highest BCUT2D eigenvalue weighted by Gasteiger charge is 2.30. The van der Waals surface area contributed by atoms with Gasteiger partial charge in [-0.2, -0.15) is 17.4 Å². The highest BCUT2D eigenvalue weighted by Crippen LogP contribution is 2.31. The van der Waals surface area contributed by atoms with Crippen molar-refractivity contribution in [3.8, 4) is 17.1 Å². The van der Waals surface area contributed by atoms with Gasteiger partial charge in [0.2, 0.25) is 17.4 Å². The van der Waals surface area contributed by atoms with Crippen molar-refractivity contribution in [3.05, 3.63) is 46.1 Å². The summed E-state index contributed by atoms with van der Waals surface area (Å²) in [5.41, 5.74) is 4.64. The molecule has 13 heteroatoms. The summed E-state index contributed by atoms with van der Waals surface area (Å²) in [5.74, 6) is -1.69. The summed E-state index contributed by atoms with van der Waals surface area (Å²) < 4.78 is 65.0. The lowest BCUT2D eigenvalue weighted by Crippen LogP contribution is -2.23. The van der Waals surface area contributed by atoms with Crippen LogP contribution in [0.2, 0.25) is 0 Å². The van der Waals surface area contributed by atoms with E-state index in [1.54, 1.807) is 0 Å². The fraction of sp³-hybridized carbons (Fsp3) is 0.154. The molecule has 0 fully saturated rings. The number of aromatic nitrogens is 3. The molecule has 0 spiro atoms. The van der Waals surface area contributed by atoms with Crippen molar-refractivity contribution in [1.29, 1.82) is 0 Å². The van der Waals surface area contributed by atoms with E-state index in [-0.39, 0.29) is 28.7 Å². The van der Waals surface area contributed by atoms with Gasteiger partial charge in [0.15, 0.2) is 5.76 Å². The van der Waals surface area contributed by atoms with Gasteiger partial charge in [-0.1, -0.05) is 22.4 Å². The monoisotopic (exact) mass is 390 g/mol. The Hall–Kier alpha value is -3.09. The fourth-order valence-corrected chi connectivity index (χ4v) is 2.80. The largest absolute Gasteiger partial charge is 0.456 e. The van der Waals surface area contributed by atoms with Gasteiger partial charge in [0.1, 0.15) is 0 Å². The molecule has 138 valence electrons. The van der Waals surface area contributed by atoms with Crippen molar-refractivity contribution in [2.45, 2.75) is 13.1 Å². The van der Waals surface area contributed by atoms with Gasteiger partial charge in [0.05, 0.1) is 5.56 Å². The molecule has 0 saturated heterocycles. The van der Waals surface area contributed by atoms with Crippen LogP contribution in [0.4, 0.5) is 19.0 Å². The number of hydrogen-bond acceptors (Lipinski definition) is 8. The number of rotatable bonds is 4. The summed E-state index contributed by atoms with van der Waals surface area (Å²) in [6.07, 6.45) is -4.53. The molecular formula is C13H9F3N4O5S. The Morgan fingerprint density at radius 1 is 1.19 bits per heavy atom. The van der Waals surface area contributed by atoms with E-state index in [0.717, 1.165) is 24.3 Å². The number of alkyl halides is 3. The van der Waals surface area contributed by atoms with Crippen LogP contribution >= 0.6 is 0 Å². The number of nitrogen functional groups attached to an aromatic ring is 1. The Labute approximate surface area is 144 Å². The quantitative estimate of drug-likeness (QED) is 0.716. The standard InChI is InChI=1S/C13H9F3N4O5S/c1-6-9(10(17)18-23-6)25-26(22)20-11(19-24-12(20)21)7-2-4-8(5-3-7)13(14,15)16/h2-5H,1H3,(H2,17,18). The molecule has 26 heavy (non-hydrogen) atoms. The maximum absolute atomic E-state index is 12.6. The molecular weight excluding hydrogens is 381 g/mol. The summed E-state index contributed by atoms with van der Waals surface area (Å²) in [6.45, 7) is 1.43. The van der Waals surface area contributed by atoms with Crippen LogP contribution in [-0.4, -0.2) is 18.5 Å². The normalized spacial score (nSPS) is 12.9. The van der Waals surface area contributed by atoms with E-state index in [1.165, 1.54) is 6.92 Å². The van der Waals surface area contributed by atoms with Crippen LogP contribution in [0.1, 0.15) is 11.3 Å².